The fourth-order valence-corrected chi connectivity index (χ4v) is 3.94. The van der Waals surface area contributed by atoms with E-state index in [9.17, 15) is 13.2 Å². The first-order chi connectivity index (χ1) is 12.3. The normalized spacial score (nSPS) is 11.3. The van der Waals surface area contributed by atoms with Crippen LogP contribution in [0, 0.1) is 0 Å². The van der Waals surface area contributed by atoms with Crippen LogP contribution >= 0.6 is 22.9 Å². The topological polar surface area (TPSA) is 76.1 Å². The van der Waals surface area contributed by atoms with E-state index < -0.39 is 9.84 Å². The van der Waals surface area contributed by atoms with E-state index in [1.165, 1.54) is 18.3 Å². The van der Waals surface area contributed by atoms with Gasteiger partial charge < -0.3 is 5.32 Å². The third-order valence-corrected chi connectivity index (χ3v) is 6.05. The smallest absolute Gasteiger partial charge is 0.253 e. The highest BCUT2D eigenvalue weighted by molar-refractivity contribution is 7.90. The molecule has 134 valence electrons. The number of benzene rings is 1. The first kappa shape index (κ1) is 18.6. The predicted molar refractivity (Wildman–Crippen MR) is 103 cm³/mol. The highest BCUT2D eigenvalue weighted by Gasteiger charge is 2.12. The van der Waals surface area contributed by atoms with Crippen molar-refractivity contribution in [3.05, 3.63) is 70.2 Å². The Bertz CT molecular complexity index is 1030. The molecule has 0 bridgehead atoms. The van der Waals surface area contributed by atoms with Crippen LogP contribution in [0.5, 0.6) is 0 Å². The lowest BCUT2D eigenvalue weighted by Gasteiger charge is -2.08. The molecule has 1 N–H and O–H groups in total. The van der Waals surface area contributed by atoms with Crippen molar-refractivity contribution in [3.8, 4) is 10.6 Å². The summed E-state index contributed by atoms with van der Waals surface area (Å²) < 4.78 is 23.1. The fraction of sp³-hybridized carbons (Fsp3) is 0.111. The van der Waals surface area contributed by atoms with Gasteiger partial charge in [0.2, 0.25) is 0 Å². The lowest BCUT2D eigenvalue weighted by Crippen LogP contribution is -2.23. The van der Waals surface area contributed by atoms with E-state index in [1.54, 1.807) is 29.5 Å². The number of nitrogens with one attached hydrogen (secondary N) is 1. The molecule has 2 aromatic heterocycles. The Morgan fingerprint density at radius 2 is 2.04 bits per heavy atom. The molecule has 1 amide bonds. The molecule has 0 fully saturated rings. The van der Waals surface area contributed by atoms with Crippen molar-refractivity contribution in [2.45, 2.75) is 11.4 Å². The van der Waals surface area contributed by atoms with Gasteiger partial charge in [0, 0.05) is 24.0 Å². The Morgan fingerprint density at radius 1 is 1.23 bits per heavy atom. The fourth-order valence-electron chi connectivity index (χ4n) is 2.28. The minimum atomic E-state index is -3.32. The molecule has 0 aliphatic carbocycles. The Morgan fingerprint density at radius 3 is 2.62 bits per heavy atom. The number of halogens is 1. The van der Waals surface area contributed by atoms with Gasteiger partial charge in [-0.3, -0.25) is 9.78 Å². The Hall–Kier alpha value is -2.22. The van der Waals surface area contributed by atoms with Crippen molar-refractivity contribution < 1.29 is 13.2 Å². The van der Waals surface area contributed by atoms with Crippen molar-refractivity contribution >= 4 is 38.7 Å². The number of pyridine rings is 1. The molecular weight excluding hydrogens is 392 g/mol. The van der Waals surface area contributed by atoms with Gasteiger partial charge in [0.15, 0.2) is 9.84 Å². The molecule has 0 saturated heterocycles. The number of sulfone groups is 1. The number of carbonyl (C=O) groups is 1. The molecule has 1 aromatic carbocycles. The molecule has 0 aliphatic heterocycles. The average Bonchev–Trinajstić information content (AvgIpc) is 3.14. The maximum Gasteiger partial charge on any atom is 0.253 e. The van der Waals surface area contributed by atoms with E-state index in [4.69, 9.17) is 11.6 Å². The van der Waals surface area contributed by atoms with Crippen LogP contribution in [0.4, 0.5) is 0 Å². The maximum absolute atomic E-state index is 12.3. The number of rotatable bonds is 5. The summed E-state index contributed by atoms with van der Waals surface area (Å²) in [4.78, 5) is 17.8. The van der Waals surface area contributed by atoms with Gasteiger partial charge in [0.25, 0.3) is 5.91 Å². The van der Waals surface area contributed by atoms with Gasteiger partial charge in [-0.15, -0.1) is 11.3 Å². The van der Waals surface area contributed by atoms with E-state index in [0.29, 0.717) is 16.1 Å². The largest absolute Gasteiger partial charge is 0.348 e. The Labute approximate surface area is 160 Å². The summed E-state index contributed by atoms with van der Waals surface area (Å²) >= 11 is 7.70. The van der Waals surface area contributed by atoms with E-state index in [1.807, 2.05) is 17.5 Å². The second-order valence-electron chi connectivity index (χ2n) is 5.62. The van der Waals surface area contributed by atoms with E-state index in [2.05, 4.69) is 10.3 Å². The molecule has 0 spiro atoms. The van der Waals surface area contributed by atoms with Crippen LogP contribution in [0.1, 0.15) is 15.9 Å². The molecule has 2 heterocycles. The summed E-state index contributed by atoms with van der Waals surface area (Å²) in [6.45, 7) is 0.189. The molecule has 0 unspecified atom stereocenters. The number of amides is 1. The van der Waals surface area contributed by atoms with Gasteiger partial charge in [0.1, 0.15) is 0 Å². The monoisotopic (exact) mass is 406 g/mol. The zero-order chi connectivity index (χ0) is 18.7. The molecule has 0 atom stereocenters. The highest BCUT2D eigenvalue weighted by Crippen LogP contribution is 2.23. The molecule has 0 saturated carbocycles. The van der Waals surface area contributed by atoms with Crippen LogP contribution in [-0.2, 0) is 16.4 Å². The second-order valence-corrected chi connectivity index (χ2v) is 8.99. The quantitative estimate of drug-likeness (QED) is 0.699. The molecule has 8 heteroatoms. The molecule has 5 nitrogen and oxygen atoms in total. The number of hydrogen-bond donors (Lipinski definition) is 1. The Balaban J connectivity index is 1.67. The van der Waals surface area contributed by atoms with Crippen LogP contribution in [0.25, 0.3) is 10.6 Å². The first-order valence-corrected chi connectivity index (χ1v) is 10.8. The lowest BCUT2D eigenvalue weighted by molar-refractivity contribution is 0.0950. The van der Waals surface area contributed by atoms with Crippen molar-refractivity contribution in [2.75, 3.05) is 6.26 Å². The zero-order valence-corrected chi connectivity index (χ0v) is 16.2. The van der Waals surface area contributed by atoms with Crippen molar-refractivity contribution in [3.63, 3.8) is 0 Å². The molecule has 3 aromatic rings. The van der Waals surface area contributed by atoms with E-state index in [0.717, 1.165) is 16.8 Å². The van der Waals surface area contributed by atoms with Crippen molar-refractivity contribution in [2.24, 2.45) is 0 Å². The third kappa shape index (κ3) is 4.30. The van der Waals surface area contributed by atoms with Crippen LogP contribution < -0.4 is 5.32 Å². The van der Waals surface area contributed by atoms with Gasteiger partial charge >= 0.3 is 0 Å². The SMILES string of the molecule is CS(=O)(=O)c1ccc(CNC(=O)c2ccc(-c3cccs3)nc2)c(Cl)c1. The average molecular weight is 407 g/mol. The maximum atomic E-state index is 12.3. The number of carbonyl (C=O) groups excluding carboxylic acids is 1. The molecule has 0 radical (unpaired) electrons. The summed E-state index contributed by atoms with van der Waals surface area (Å²) in [5.74, 6) is -0.279. The lowest BCUT2D eigenvalue weighted by atomic mass is 10.2. The van der Waals surface area contributed by atoms with Crippen LogP contribution in [0.15, 0.2) is 58.9 Å². The van der Waals surface area contributed by atoms with Crippen LogP contribution in [0.2, 0.25) is 5.02 Å². The van der Waals surface area contributed by atoms with E-state index in [-0.39, 0.29) is 17.3 Å². The third-order valence-electron chi connectivity index (χ3n) is 3.69. The molecule has 0 aliphatic rings. The molecule has 26 heavy (non-hydrogen) atoms. The minimum Gasteiger partial charge on any atom is -0.348 e. The summed E-state index contributed by atoms with van der Waals surface area (Å²) in [6.07, 6.45) is 2.64. The van der Waals surface area contributed by atoms with Crippen molar-refractivity contribution in [1.82, 2.24) is 10.3 Å². The second kappa shape index (κ2) is 7.57. The number of thiophene rings is 1. The zero-order valence-electron chi connectivity index (χ0n) is 13.8. The summed E-state index contributed by atoms with van der Waals surface area (Å²) in [5.41, 5.74) is 1.89. The Kier molecular flexibility index (Phi) is 5.41. The minimum absolute atomic E-state index is 0.144. The summed E-state index contributed by atoms with van der Waals surface area (Å²) in [6, 6.07) is 11.9. The first-order valence-electron chi connectivity index (χ1n) is 7.61. The van der Waals surface area contributed by atoms with Crippen molar-refractivity contribution in [1.29, 1.82) is 0 Å². The van der Waals surface area contributed by atoms with Gasteiger partial charge in [-0.1, -0.05) is 23.7 Å². The summed E-state index contributed by atoms with van der Waals surface area (Å²) in [7, 11) is -3.32. The van der Waals surface area contributed by atoms with E-state index >= 15 is 0 Å². The number of hydrogen-bond acceptors (Lipinski definition) is 5. The van der Waals surface area contributed by atoms with Gasteiger partial charge in [0.05, 0.1) is 21.0 Å². The highest BCUT2D eigenvalue weighted by atomic mass is 35.5. The standard InChI is InChI=1S/C18H15ClN2O3S2/c1-26(23,24)14-6-4-12(15(19)9-14)10-21-18(22)13-5-7-16(20-11-13)17-3-2-8-25-17/h2-9,11H,10H2,1H3,(H,21,22). The number of nitrogens with zero attached hydrogens (tertiary/aromatic N) is 1. The van der Waals surface area contributed by atoms with Crippen LogP contribution in [-0.4, -0.2) is 25.6 Å². The number of aromatic nitrogens is 1. The van der Waals surface area contributed by atoms with Gasteiger partial charge in [-0.2, -0.15) is 0 Å². The van der Waals surface area contributed by atoms with Gasteiger partial charge in [-0.25, -0.2) is 8.42 Å². The molecule has 3 rings (SSSR count). The summed E-state index contributed by atoms with van der Waals surface area (Å²) in [5, 5.41) is 5.02. The molecular formula is C18H15ClN2O3S2. The van der Waals surface area contributed by atoms with Crippen LogP contribution in [0.3, 0.4) is 0 Å². The predicted octanol–water partition coefficient (Wildman–Crippen LogP) is 3.80. The van der Waals surface area contributed by atoms with Gasteiger partial charge in [-0.05, 0) is 41.3 Å².